The van der Waals surface area contributed by atoms with Crippen molar-refractivity contribution in [2.75, 3.05) is 17.1 Å². The zero-order valence-corrected chi connectivity index (χ0v) is 20.3. The number of anilines is 2. The first-order valence-electron chi connectivity index (χ1n) is 10.2. The van der Waals surface area contributed by atoms with Crippen LogP contribution < -0.4 is 14.8 Å². The standard InChI is InChI=1S/C24H22N4O4S2/c1-15-8-7-9-16(2)21(15)28-34(30,31)20-12-18(13-25-23(20)32-3)26-22(29)19-14-33-24(27-19)17-10-5-4-6-11-17/h4-14,28H,1-3H3,(H,26,29). The lowest BCUT2D eigenvalue weighted by atomic mass is 10.1. The molecule has 0 unspecified atom stereocenters. The van der Waals surface area contributed by atoms with Crippen molar-refractivity contribution in [3.63, 3.8) is 0 Å². The molecule has 0 saturated carbocycles. The molecular formula is C24H22N4O4S2. The molecule has 0 radical (unpaired) electrons. The lowest BCUT2D eigenvalue weighted by Crippen LogP contribution is -2.18. The number of para-hydroxylation sites is 1. The van der Waals surface area contributed by atoms with Gasteiger partial charge in [0.1, 0.15) is 10.7 Å². The van der Waals surface area contributed by atoms with Gasteiger partial charge in [-0.2, -0.15) is 0 Å². The summed E-state index contributed by atoms with van der Waals surface area (Å²) in [5.41, 5.74) is 3.36. The fraction of sp³-hybridized carbons (Fsp3) is 0.125. The molecule has 34 heavy (non-hydrogen) atoms. The average molecular weight is 495 g/mol. The van der Waals surface area contributed by atoms with E-state index in [0.29, 0.717) is 10.7 Å². The van der Waals surface area contributed by atoms with Crippen molar-refractivity contribution in [2.24, 2.45) is 0 Å². The largest absolute Gasteiger partial charge is 0.480 e. The summed E-state index contributed by atoms with van der Waals surface area (Å²) in [6.45, 7) is 3.63. The Bertz CT molecular complexity index is 1430. The van der Waals surface area contributed by atoms with Crippen LogP contribution in [0.1, 0.15) is 21.6 Å². The smallest absolute Gasteiger partial charge is 0.275 e. The number of carbonyl (C=O) groups excluding carboxylic acids is 1. The van der Waals surface area contributed by atoms with Crippen LogP contribution in [0.25, 0.3) is 10.6 Å². The Balaban J connectivity index is 1.60. The number of benzene rings is 2. The monoisotopic (exact) mass is 494 g/mol. The third kappa shape index (κ3) is 4.92. The highest BCUT2D eigenvalue weighted by molar-refractivity contribution is 7.92. The van der Waals surface area contributed by atoms with Crippen LogP contribution in [0, 0.1) is 13.8 Å². The zero-order chi connectivity index (χ0) is 24.3. The number of aromatic nitrogens is 2. The maximum Gasteiger partial charge on any atom is 0.275 e. The second kappa shape index (κ2) is 9.62. The summed E-state index contributed by atoms with van der Waals surface area (Å²) in [6.07, 6.45) is 1.33. The molecule has 8 nitrogen and oxygen atoms in total. The van der Waals surface area contributed by atoms with Gasteiger partial charge in [0, 0.05) is 10.9 Å². The fourth-order valence-electron chi connectivity index (χ4n) is 3.30. The third-order valence-corrected chi connectivity index (χ3v) is 7.27. The van der Waals surface area contributed by atoms with Crippen molar-refractivity contribution in [3.05, 3.63) is 83.0 Å². The fourth-order valence-corrected chi connectivity index (χ4v) is 5.45. The van der Waals surface area contributed by atoms with E-state index in [-0.39, 0.29) is 22.2 Å². The van der Waals surface area contributed by atoms with E-state index in [2.05, 4.69) is 20.0 Å². The van der Waals surface area contributed by atoms with Gasteiger partial charge < -0.3 is 10.1 Å². The highest BCUT2D eigenvalue weighted by Gasteiger charge is 2.24. The summed E-state index contributed by atoms with van der Waals surface area (Å²) < 4.78 is 34.2. The molecule has 0 aliphatic heterocycles. The number of pyridine rings is 1. The Morgan fingerprint density at radius 1 is 1.03 bits per heavy atom. The van der Waals surface area contributed by atoms with Gasteiger partial charge in [-0.25, -0.2) is 18.4 Å². The van der Waals surface area contributed by atoms with Gasteiger partial charge in [-0.15, -0.1) is 11.3 Å². The molecule has 0 fully saturated rings. The quantitative estimate of drug-likeness (QED) is 0.379. The summed E-state index contributed by atoms with van der Waals surface area (Å²) >= 11 is 1.35. The molecule has 0 spiro atoms. The van der Waals surface area contributed by atoms with Crippen LogP contribution in [0.5, 0.6) is 5.88 Å². The molecule has 0 aliphatic carbocycles. The van der Waals surface area contributed by atoms with Crippen molar-refractivity contribution in [1.29, 1.82) is 0 Å². The average Bonchev–Trinajstić information content (AvgIpc) is 3.33. The SMILES string of the molecule is COc1ncc(NC(=O)c2csc(-c3ccccc3)n2)cc1S(=O)(=O)Nc1c(C)cccc1C. The molecule has 0 atom stereocenters. The summed E-state index contributed by atoms with van der Waals surface area (Å²) in [5.74, 6) is -0.562. The number of nitrogens with one attached hydrogen (secondary N) is 2. The van der Waals surface area contributed by atoms with Crippen LogP contribution in [0.4, 0.5) is 11.4 Å². The summed E-state index contributed by atoms with van der Waals surface area (Å²) in [5, 5.41) is 5.02. The van der Waals surface area contributed by atoms with E-state index >= 15 is 0 Å². The zero-order valence-electron chi connectivity index (χ0n) is 18.7. The molecular weight excluding hydrogens is 472 g/mol. The first-order valence-corrected chi connectivity index (χ1v) is 12.6. The Hall–Kier alpha value is -3.76. The minimum Gasteiger partial charge on any atom is -0.480 e. The Morgan fingerprint density at radius 3 is 2.41 bits per heavy atom. The van der Waals surface area contributed by atoms with E-state index in [1.807, 2.05) is 62.4 Å². The number of ether oxygens (including phenoxy) is 1. The van der Waals surface area contributed by atoms with E-state index < -0.39 is 15.9 Å². The maximum atomic E-state index is 13.2. The van der Waals surface area contributed by atoms with Crippen molar-refractivity contribution in [1.82, 2.24) is 9.97 Å². The number of hydrogen-bond acceptors (Lipinski definition) is 7. The van der Waals surface area contributed by atoms with E-state index in [0.717, 1.165) is 16.7 Å². The lowest BCUT2D eigenvalue weighted by Gasteiger charge is -2.15. The van der Waals surface area contributed by atoms with Crippen molar-refractivity contribution in [3.8, 4) is 16.5 Å². The highest BCUT2D eigenvalue weighted by atomic mass is 32.2. The normalized spacial score (nSPS) is 11.1. The first-order chi connectivity index (χ1) is 16.3. The molecule has 2 heterocycles. The molecule has 2 aromatic heterocycles. The molecule has 10 heteroatoms. The molecule has 0 aliphatic rings. The van der Waals surface area contributed by atoms with E-state index in [1.165, 1.54) is 30.7 Å². The van der Waals surface area contributed by atoms with Crippen LogP contribution in [0.3, 0.4) is 0 Å². The second-order valence-electron chi connectivity index (χ2n) is 7.46. The van der Waals surface area contributed by atoms with Crippen molar-refractivity contribution < 1.29 is 17.9 Å². The topological polar surface area (TPSA) is 110 Å². The van der Waals surface area contributed by atoms with Crippen LogP contribution in [-0.2, 0) is 10.0 Å². The number of sulfonamides is 1. The second-order valence-corrected chi connectivity index (χ2v) is 9.97. The van der Waals surface area contributed by atoms with Gasteiger partial charge in [-0.05, 0) is 31.0 Å². The minimum atomic E-state index is -4.06. The molecule has 2 N–H and O–H groups in total. The Kier molecular flexibility index (Phi) is 6.62. The van der Waals surface area contributed by atoms with E-state index in [4.69, 9.17) is 4.74 Å². The van der Waals surface area contributed by atoms with Crippen LogP contribution >= 0.6 is 11.3 Å². The van der Waals surface area contributed by atoms with Crippen LogP contribution in [-0.4, -0.2) is 31.4 Å². The van der Waals surface area contributed by atoms with Crippen molar-refractivity contribution >= 4 is 38.6 Å². The van der Waals surface area contributed by atoms with E-state index in [1.54, 1.807) is 5.38 Å². The number of carbonyl (C=O) groups is 1. The predicted octanol–water partition coefficient (Wildman–Crippen LogP) is 4.88. The first kappa shape index (κ1) is 23.4. The van der Waals surface area contributed by atoms with Gasteiger partial charge >= 0.3 is 0 Å². The molecule has 174 valence electrons. The van der Waals surface area contributed by atoms with Gasteiger partial charge in [0.2, 0.25) is 5.88 Å². The molecule has 4 rings (SSSR count). The van der Waals surface area contributed by atoms with Gasteiger partial charge in [0.05, 0.1) is 24.7 Å². The number of hydrogen-bond donors (Lipinski definition) is 2. The summed E-state index contributed by atoms with van der Waals surface area (Å²) in [4.78, 5) is 21.0. The maximum absolute atomic E-state index is 13.2. The van der Waals surface area contributed by atoms with Gasteiger partial charge in [0.15, 0.2) is 4.90 Å². The summed E-state index contributed by atoms with van der Waals surface area (Å²) in [7, 11) is -2.73. The van der Waals surface area contributed by atoms with Gasteiger partial charge in [-0.1, -0.05) is 48.5 Å². The highest BCUT2D eigenvalue weighted by Crippen LogP contribution is 2.29. The number of rotatable bonds is 7. The van der Waals surface area contributed by atoms with Gasteiger partial charge in [-0.3, -0.25) is 9.52 Å². The number of amides is 1. The lowest BCUT2D eigenvalue weighted by molar-refractivity contribution is 0.102. The van der Waals surface area contributed by atoms with Crippen LogP contribution in [0.15, 0.2) is 71.1 Å². The molecule has 0 bridgehead atoms. The predicted molar refractivity (Wildman–Crippen MR) is 133 cm³/mol. The summed E-state index contributed by atoms with van der Waals surface area (Å²) in [6, 6.07) is 16.3. The number of nitrogens with zero attached hydrogens (tertiary/aromatic N) is 2. The third-order valence-electron chi connectivity index (χ3n) is 5.03. The molecule has 4 aromatic rings. The number of aryl methyl sites for hydroxylation is 2. The van der Waals surface area contributed by atoms with E-state index in [9.17, 15) is 13.2 Å². The molecule has 1 amide bonds. The van der Waals surface area contributed by atoms with Crippen LogP contribution in [0.2, 0.25) is 0 Å². The van der Waals surface area contributed by atoms with Crippen molar-refractivity contribution in [2.45, 2.75) is 18.7 Å². The van der Waals surface area contributed by atoms with Gasteiger partial charge in [0.25, 0.3) is 15.9 Å². The molecule has 0 saturated heterocycles. The number of thiazole rings is 1. The number of methoxy groups -OCH3 is 1. The Labute approximate surface area is 201 Å². The Morgan fingerprint density at radius 2 is 1.74 bits per heavy atom. The minimum absolute atomic E-state index is 0.0863. The molecule has 2 aromatic carbocycles.